The van der Waals surface area contributed by atoms with Crippen molar-refractivity contribution in [1.29, 1.82) is 0 Å². The van der Waals surface area contributed by atoms with Crippen LogP contribution < -0.4 is 0 Å². The second kappa shape index (κ2) is 5.02. The molecule has 68 valence electrons. The molecule has 12 heavy (non-hydrogen) atoms. The van der Waals surface area contributed by atoms with Crippen LogP contribution in [0.5, 0.6) is 0 Å². The molecule has 0 aliphatic heterocycles. The lowest BCUT2D eigenvalue weighted by atomic mass is 9.96. The Labute approximate surface area is 74.8 Å². The highest BCUT2D eigenvalue weighted by atomic mass is 16.3. The lowest BCUT2D eigenvalue weighted by Crippen LogP contribution is -2.01. The first-order valence-corrected chi connectivity index (χ1v) is 4.89. The Kier molecular flexibility index (Phi) is 3.92. The van der Waals surface area contributed by atoms with Crippen LogP contribution in [-0.4, -0.2) is 0 Å². The van der Waals surface area contributed by atoms with E-state index in [1.54, 1.807) is 6.26 Å². The summed E-state index contributed by atoms with van der Waals surface area (Å²) in [5.74, 6) is 1.94. The minimum Gasteiger partial charge on any atom is -0.469 e. The molecule has 1 aromatic heterocycles. The molecule has 0 bridgehead atoms. The van der Waals surface area contributed by atoms with E-state index in [2.05, 4.69) is 19.9 Å². The molecule has 0 fully saturated rings. The molecule has 0 spiro atoms. The molecular weight excluding hydrogens is 148 g/mol. The SMILES string of the molecule is CCCC(CC)Cc1ccco1. The van der Waals surface area contributed by atoms with Crippen LogP contribution in [0, 0.1) is 5.92 Å². The van der Waals surface area contributed by atoms with Crippen molar-refractivity contribution < 1.29 is 4.42 Å². The highest BCUT2D eigenvalue weighted by molar-refractivity contribution is 4.99. The highest BCUT2D eigenvalue weighted by Gasteiger charge is 2.07. The van der Waals surface area contributed by atoms with Crippen LogP contribution >= 0.6 is 0 Å². The first-order valence-electron chi connectivity index (χ1n) is 4.89. The summed E-state index contributed by atoms with van der Waals surface area (Å²) < 4.78 is 5.31. The van der Waals surface area contributed by atoms with Crippen LogP contribution in [-0.2, 0) is 6.42 Å². The zero-order valence-corrected chi connectivity index (χ0v) is 8.05. The molecule has 0 N–H and O–H groups in total. The summed E-state index contributed by atoms with van der Waals surface area (Å²) in [7, 11) is 0. The first kappa shape index (κ1) is 9.37. The van der Waals surface area contributed by atoms with Crippen LogP contribution in [0.25, 0.3) is 0 Å². The van der Waals surface area contributed by atoms with Gasteiger partial charge in [-0.2, -0.15) is 0 Å². The predicted octanol–water partition coefficient (Wildman–Crippen LogP) is 3.65. The summed E-state index contributed by atoms with van der Waals surface area (Å²) in [5, 5.41) is 0. The second-order valence-electron chi connectivity index (χ2n) is 3.35. The predicted molar refractivity (Wildman–Crippen MR) is 51.1 cm³/mol. The molecule has 0 aromatic carbocycles. The van der Waals surface area contributed by atoms with Crippen molar-refractivity contribution in [2.45, 2.75) is 39.5 Å². The Hall–Kier alpha value is -0.720. The second-order valence-corrected chi connectivity index (χ2v) is 3.35. The van der Waals surface area contributed by atoms with Gasteiger partial charge in [-0.25, -0.2) is 0 Å². The van der Waals surface area contributed by atoms with Gasteiger partial charge in [-0.3, -0.25) is 0 Å². The first-order chi connectivity index (χ1) is 5.86. The Morgan fingerprint density at radius 3 is 2.75 bits per heavy atom. The third kappa shape index (κ3) is 2.72. The number of hydrogen-bond donors (Lipinski definition) is 0. The number of rotatable bonds is 5. The molecule has 1 atom stereocenters. The molecule has 0 amide bonds. The molecule has 0 saturated heterocycles. The van der Waals surface area contributed by atoms with Crippen molar-refractivity contribution in [3.63, 3.8) is 0 Å². The smallest absolute Gasteiger partial charge is 0.104 e. The molecular formula is C11H18O. The third-order valence-electron chi connectivity index (χ3n) is 2.34. The fourth-order valence-corrected chi connectivity index (χ4v) is 1.57. The Morgan fingerprint density at radius 2 is 2.25 bits per heavy atom. The van der Waals surface area contributed by atoms with E-state index in [0.29, 0.717) is 0 Å². The lowest BCUT2D eigenvalue weighted by molar-refractivity contribution is 0.406. The van der Waals surface area contributed by atoms with Crippen LogP contribution in [0.2, 0.25) is 0 Å². The summed E-state index contributed by atoms with van der Waals surface area (Å²) >= 11 is 0. The molecule has 0 radical (unpaired) electrons. The molecule has 1 aromatic rings. The van der Waals surface area contributed by atoms with E-state index in [0.717, 1.165) is 18.1 Å². The van der Waals surface area contributed by atoms with Gasteiger partial charge >= 0.3 is 0 Å². The quantitative estimate of drug-likeness (QED) is 0.650. The fraction of sp³-hybridized carbons (Fsp3) is 0.636. The van der Waals surface area contributed by atoms with Gasteiger partial charge in [0.15, 0.2) is 0 Å². The van der Waals surface area contributed by atoms with Gasteiger partial charge < -0.3 is 4.42 Å². The van der Waals surface area contributed by atoms with E-state index in [4.69, 9.17) is 4.42 Å². The third-order valence-corrected chi connectivity index (χ3v) is 2.34. The van der Waals surface area contributed by atoms with Gasteiger partial charge in [0, 0.05) is 6.42 Å². The van der Waals surface area contributed by atoms with E-state index in [1.165, 1.54) is 19.3 Å². The highest BCUT2D eigenvalue weighted by Crippen LogP contribution is 2.17. The molecule has 1 rings (SSSR count). The molecule has 1 unspecified atom stereocenters. The largest absolute Gasteiger partial charge is 0.469 e. The van der Waals surface area contributed by atoms with E-state index in [9.17, 15) is 0 Å². The van der Waals surface area contributed by atoms with Gasteiger partial charge in [0.05, 0.1) is 6.26 Å². The van der Waals surface area contributed by atoms with Crippen LogP contribution in [0.3, 0.4) is 0 Å². The average molecular weight is 166 g/mol. The maximum atomic E-state index is 5.31. The van der Waals surface area contributed by atoms with Crippen LogP contribution in [0.1, 0.15) is 38.9 Å². The summed E-state index contributed by atoms with van der Waals surface area (Å²) in [5.41, 5.74) is 0. The van der Waals surface area contributed by atoms with Gasteiger partial charge in [-0.05, 0) is 18.1 Å². The maximum Gasteiger partial charge on any atom is 0.104 e. The van der Waals surface area contributed by atoms with Crippen LogP contribution in [0.15, 0.2) is 22.8 Å². The Balaban J connectivity index is 2.37. The van der Waals surface area contributed by atoms with E-state index in [-0.39, 0.29) is 0 Å². The summed E-state index contributed by atoms with van der Waals surface area (Å²) in [6.07, 6.45) is 6.72. The van der Waals surface area contributed by atoms with Crippen molar-refractivity contribution in [2.75, 3.05) is 0 Å². The summed E-state index contributed by atoms with van der Waals surface area (Å²) in [6.45, 7) is 4.49. The number of hydrogen-bond acceptors (Lipinski definition) is 1. The molecule has 1 nitrogen and oxygen atoms in total. The Bertz CT molecular complexity index is 189. The minimum atomic E-state index is 0.807. The van der Waals surface area contributed by atoms with Crippen molar-refractivity contribution in [3.8, 4) is 0 Å². The van der Waals surface area contributed by atoms with Gasteiger partial charge in [-0.1, -0.05) is 33.1 Å². The topological polar surface area (TPSA) is 13.1 Å². The van der Waals surface area contributed by atoms with E-state index >= 15 is 0 Å². The van der Waals surface area contributed by atoms with Crippen LogP contribution in [0.4, 0.5) is 0 Å². The van der Waals surface area contributed by atoms with Crippen molar-refractivity contribution in [2.24, 2.45) is 5.92 Å². The van der Waals surface area contributed by atoms with E-state index < -0.39 is 0 Å². The molecule has 0 saturated carbocycles. The monoisotopic (exact) mass is 166 g/mol. The van der Waals surface area contributed by atoms with Gasteiger partial charge in [-0.15, -0.1) is 0 Å². The molecule has 1 heteroatoms. The maximum absolute atomic E-state index is 5.31. The van der Waals surface area contributed by atoms with Gasteiger partial charge in [0.25, 0.3) is 0 Å². The van der Waals surface area contributed by atoms with Crippen molar-refractivity contribution >= 4 is 0 Å². The minimum absolute atomic E-state index is 0.807. The molecule has 1 heterocycles. The summed E-state index contributed by atoms with van der Waals surface area (Å²) in [6, 6.07) is 4.03. The fourth-order valence-electron chi connectivity index (χ4n) is 1.57. The van der Waals surface area contributed by atoms with Crippen molar-refractivity contribution in [3.05, 3.63) is 24.2 Å². The normalized spacial score (nSPS) is 13.2. The van der Waals surface area contributed by atoms with Gasteiger partial charge in [0.2, 0.25) is 0 Å². The lowest BCUT2D eigenvalue weighted by Gasteiger charge is -2.10. The Morgan fingerprint density at radius 1 is 1.42 bits per heavy atom. The molecule has 0 aliphatic carbocycles. The summed E-state index contributed by atoms with van der Waals surface area (Å²) in [4.78, 5) is 0. The number of furan rings is 1. The zero-order chi connectivity index (χ0) is 8.81. The van der Waals surface area contributed by atoms with Gasteiger partial charge in [0.1, 0.15) is 5.76 Å². The average Bonchev–Trinajstić information content (AvgIpc) is 2.56. The molecule has 0 aliphatic rings. The van der Waals surface area contributed by atoms with Crippen molar-refractivity contribution in [1.82, 2.24) is 0 Å². The van der Waals surface area contributed by atoms with E-state index in [1.807, 2.05) is 6.07 Å². The standard InChI is InChI=1S/C11H18O/c1-3-6-10(4-2)9-11-7-5-8-12-11/h5,7-8,10H,3-4,6,9H2,1-2H3. The zero-order valence-electron chi connectivity index (χ0n) is 8.05.